The largest absolute Gasteiger partial charge is 0.316 e. The molecule has 0 bridgehead atoms. The number of nitrogens with one attached hydrogen (secondary N) is 1. The molecule has 0 saturated heterocycles. The molecule has 1 heterocycles. The molecule has 0 saturated carbocycles. The van der Waals surface area contributed by atoms with Gasteiger partial charge in [0.25, 0.3) is 0 Å². The number of likely N-dealkylation sites (N-methyl/N-ethyl adjacent to an activating group) is 1. The van der Waals surface area contributed by atoms with Gasteiger partial charge in [0, 0.05) is 24.5 Å². The van der Waals surface area contributed by atoms with E-state index in [1.54, 1.807) is 0 Å². The van der Waals surface area contributed by atoms with E-state index in [-0.39, 0.29) is 6.04 Å². The van der Waals surface area contributed by atoms with Gasteiger partial charge in [-0.25, -0.2) is 0 Å². The highest BCUT2D eigenvalue weighted by Gasteiger charge is 2.17. The fraction of sp³-hybridized carbons (Fsp3) is 0.400. The highest BCUT2D eigenvalue weighted by molar-refractivity contribution is 6.32. The van der Waals surface area contributed by atoms with E-state index >= 15 is 0 Å². The maximum absolute atomic E-state index is 6.31. The van der Waals surface area contributed by atoms with Gasteiger partial charge < -0.3 is 5.32 Å². The monoisotopic (exact) mass is 311 g/mol. The average molecular weight is 312 g/mol. The molecule has 0 radical (unpaired) electrons. The smallest absolute Gasteiger partial charge is 0.0847 e. The van der Waals surface area contributed by atoms with E-state index in [0.717, 1.165) is 39.8 Å². The number of hydrogen-bond acceptors (Lipinski definition) is 2. The number of benzene rings is 1. The molecule has 108 valence electrons. The molecule has 20 heavy (non-hydrogen) atoms. The highest BCUT2D eigenvalue weighted by atomic mass is 35.5. The topological polar surface area (TPSA) is 29.9 Å². The zero-order valence-corrected chi connectivity index (χ0v) is 13.5. The number of rotatable bonds is 5. The summed E-state index contributed by atoms with van der Waals surface area (Å²) in [7, 11) is 3.88. The average Bonchev–Trinajstić information content (AvgIpc) is 2.66. The number of aromatic nitrogens is 2. The molecule has 1 aromatic heterocycles. The van der Waals surface area contributed by atoms with E-state index < -0.39 is 0 Å². The third-order valence-electron chi connectivity index (χ3n) is 3.53. The molecule has 1 N–H and O–H groups in total. The lowest BCUT2D eigenvalue weighted by atomic mass is 10.0. The molecule has 1 atom stereocenters. The molecule has 0 spiro atoms. The molecule has 1 aromatic carbocycles. The van der Waals surface area contributed by atoms with Crippen LogP contribution in [-0.2, 0) is 19.9 Å². The Labute approximate surface area is 129 Å². The Hall–Kier alpha value is -1.03. The molecule has 5 heteroatoms. The molecule has 0 amide bonds. The quantitative estimate of drug-likeness (QED) is 0.917. The fourth-order valence-corrected chi connectivity index (χ4v) is 2.79. The number of halogens is 2. The van der Waals surface area contributed by atoms with Gasteiger partial charge in [-0.1, -0.05) is 41.4 Å². The van der Waals surface area contributed by atoms with E-state index in [1.165, 1.54) is 0 Å². The Bertz CT molecular complexity index is 593. The Morgan fingerprint density at radius 1 is 1.25 bits per heavy atom. The van der Waals surface area contributed by atoms with Crippen LogP contribution in [0.4, 0.5) is 0 Å². The summed E-state index contributed by atoms with van der Waals surface area (Å²) in [6.07, 6.45) is 1.68. The summed E-state index contributed by atoms with van der Waals surface area (Å²) >= 11 is 12.5. The molecule has 0 aliphatic rings. The van der Waals surface area contributed by atoms with Crippen molar-refractivity contribution in [2.24, 2.45) is 7.05 Å². The van der Waals surface area contributed by atoms with Crippen LogP contribution in [-0.4, -0.2) is 22.9 Å². The predicted molar refractivity (Wildman–Crippen MR) is 84.7 cm³/mol. The maximum atomic E-state index is 6.31. The van der Waals surface area contributed by atoms with Gasteiger partial charge in [-0.15, -0.1) is 0 Å². The minimum Gasteiger partial charge on any atom is -0.316 e. The predicted octanol–water partition coefficient (Wildman–Crippen LogP) is 3.41. The van der Waals surface area contributed by atoms with Crippen LogP contribution in [0.2, 0.25) is 10.0 Å². The molecule has 0 aliphatic carbocycles. The molecular weight excluding hydrogens is 293 g/mol. The lowest BCUT2D eigenvalue weighted by Crippen LogP contribution is -2.31. The molecule has 2 aromatic rings. The first kappa shape index (κ1) is 15.4. The second-order valence-electron chi connectivity index (χ2n) is 4.95. The molecule has 2 rings (SSSR count). The van der Waals surface area contributed by atoms with Gasteiger partial charge >= 0.3 is 0 Å². The van der Waals surface area contributed by atoms with Gasteiger partial charge in [0.2, 0.25) is 0 Å². The highest BCUT2D eigenvalue weighted by Crippen LogP contribution is 2.23. The van der Waals surface area contributed by atoms with Crippen LogP contribution in [0.25, 0.3) is 0 Å². The summed E-state index contributed by atoms with van der Waals surface area (Å²) in [4.78, 5) is 0. The van der Waals surface area contributed by atoms with Gasteiger partial charge in [0.05, 0.1) is 16.4 Å². The first-order valence-corrected chi connectivity index (χ1v) is 7.37. The van der Waals surface area contributed by atoms with Gasteiger partial charge in [-0.2, -0.15) is 5.10 Å². The van der Waals surface area contributed by atoms with Gasteiger partial charge in [0.15, 0.2) is 0 Å². The minimum absolute atomic E-state index is 0.266. The van der Waals surface area contributed by atoms with Crippen LogP contribution >= 0.6 is 23.2 Å². The number of aryl methyl sites for hydroxylation is 2. The van der Waals surface area contributed by atoms with Gasteiger partial charge in [-0.3, -0.25) is 4.68 Å². The zero-order chi connectivity index (χ0) is 14.7. The fourth-order valence-electron chi connectivity index (χ4n) is 2.34. The van der Waals surface area contributed by atoms with Crippen LogP contribution in [0.1, 0.15) is 17.0 Å². The van der Waals surface area contributed by atoms with Crippen molar-refractivity contribution in [1.29, 1.82) is 0 Å². The Morgan fingerprint density at radius 2 is 1.95 bits per heavy atom. The molecule has 3 nitrogen and oxygen atoms in total. The van der Waals surface area contributed by atoms with Crippen LogP contribution in [0.3, 0.4) is 0 Å². The van der Waals surface area contributed by atoms with E-state index in [0.29, 0.717) is 0 Å². The second-order valence-corrected chi connectivity index (χ2v) is 5.74. The van der Waals surface area contributed by atoms with Crippen molar-refractivity contribution in [2.45, 2.75) is 25.8 Å². The van der Waals surface area contributed by atoms with Crippen LogP contribution in [0.15, 0.2) is 24.3 Å². The van der Waals surface area contributed by atoms with Crippen LogP contribution in [0, 0.1) is 6.92 Å². The van der Waals surface area contributed by atoms with Crippen molar-refractivity contribution in [3.05, 3.63) is 51.3 Å². The van der Waals surface area contributed by atoms with Crippen LogP contribution < -0.4 is 5.32 Å². The van der Waals surface area contributed by atoms with E-state index in [9.17, 15) is 0 Å². The number of nitrogens with zero attached hydrogens (tertiary/aromatic N) is 2. The first-order valence-electron chi connectivity index (χ1n) is 6.61. The van der Waals surface area contributed by atoms with Crippen molar-refractivity contribution in [3.8, 4) is 0 Å². The third kappa shape index (κ3) is 3.35. The number of hydrogen-bond donors (Lipinski definition) is 1. The summed E-state index contributed by atoms with van der Waals surface area (Å²) < 4.78 is 1.86. The lowest BCUT2D eigenvalue weighted by molar-refractivity contribution is 0.534. The maximum Gasteiger partial charge on any atom is 0.0847 e. The Kier molecular flexibility index (Phi) is 5.08. The molecule has 1 unspecified atom stereocenters. The summed E-state index contributed by atoms with van der Waals surface area (Å²) in [5, 5.41) is 9.25. The van der Waals surface area contributed by atoms with Crippen molar-refractivity contribution >= 4 is 23.2 Å². The second kappa shape index (κ2) is 6.61. The third-order valence-corrected chi connectivity index (χ3v) is 4.39. The van der Waals surface area contributed by atoms with Crippen molar-refractivity contribution in [2.75, 3.05) is 7.05 Å². The summed E-state index contributed by atoms with van der Waals surface area (Å²) in [5.41, 5.74) is 3.07. The van der Waals surface area contributed by atoms with Crippen molar-refractivity contribution in [3.63, 3.8) is 0 Å². The first-order chi connectivity index (χ1) is 9.52. The lowest BCUT2D eigenvalue weighted by Gasteiger charge is -2.17. The molecule has 0 fully saturated rings. The van der Waals surface area contributed by atoms with Gasteiger partial charge in [0.1, 0.15) is 0 Å². The molecule has 0 aliphatic heterocycles. The van der Waals surface area contributed by atoms with Crippen molar-refractivity contribution < 1.29 is 0 Å². The normalized spacial score (nSPS) is 12.7. The van der Waals surface area contributed by atoms with E-state index in [1.807, 2.05) is 43.9 Å². The zero-order valence-electron chi connectivity index (χ0n) is 12.0. The van der Waals surface area contributed by atoms with Crippen molar-refractivity contribution in [1.82, 2.24) is 15.1 Å². The Morgan fingerprint density at radius 3 is 2.50 bits per heavy atom. The summed E-state index contributed by atoms with van der Waals surface area (Å²) in [6, 6.07) is 8.20. The van der Waals surface area contributed by atoms with E-state index in [2.05, 4.69) is 16.5 Å². The Balaban J connectivity index is 2.15. The standard InChI is InChI=1S/C15H19Cl2N3/c1-10-15(17)14(20(3)19-10)9-12(18-2)8-11-6-4-5-7-13(11)16/h4-7,12,18H,8-9H2,1-3H3. The SMILES string of the molecule is CNC(Cc1ccccc1Cl)Cc1c(Cl)c(C)nn1C. The van der Waals surface area contributed by atoms with Crippen LogP contribution in [0.5, 0.6) is 0 Å². The van der Waals surface area contributed by atoms with E-state index in [4.69, 9.17) is 23.2 Å². The summed E-state index contributed by atoms with van der Waals surface area (Å²) in [6.45, 7) is 1.92. The minimum atomic E-state index is 0.266. The van der Waals surface area contributed by atoms with Gasteiger partial charge in [-0.05, 0) is 32.0 Å². The summed E-state index contributed by atoms with van der Waals surface area (Å²) in [5.74, 6) is 0. The molecular formula is C15H19Cl2N3.